The smallest absolute Gasteiger partial charge is 0.228 e. The number of para-hydroxylation sites is 1. The van der Waals surface area contributed by atoms with Crippen molar-refractivity contribution < 1.29 is 24.2 Å². The van der Waals surface area contributed by atoms with Crippen molar-refractivity contribution in [2.24, 2.45) is 5.92 Å². The number of aliphatic hydroxyl groups is 1. The molecule has 0 aliphatic carbocycles. The zero-order chi connectivity index (χ0) is 30.3. The summed E-state index contributed by atoms with van der Waals surface area (Å²) in [5.41, 5.74) is 11.6. The van der Waals surface area contributed by atoms with E-state index in [0.29, 0.717) is 17.0 Å². The maximum absolute atomic E-state index is 12.7. The molecule has 0 saturated carbocycles. The van der Waals surface area contributed by atoms with Gasteiger partial charge in [0.05, 0.1) is 25.2 Å². The molecule has 1 heterocycles. The quantitative estimate of drug-likeness (QED) is 0.106. The first-order chi connectivity index (χ1) is 20.8. The molecule has 0 spiro atoms. The van der Waals surface area contributed by atoms with Gasteiger partial charge in [0.15, 0.2) is 12.1 Å². The summed E-state index contributed by atoms with van der Waals surface area (Å²) in [6.45, 7) is 3.62. The molecule has 43 heavy (non-hydrogen) atoms. The van der Waals surface area contributed by atoms with Crippen molar-refractivity contribution in [1.82, 2.24) is 0 Å². The third-order valence-corrected chi connectivity index (χ3v) is 8.79. The van der Waals surface area contributed by atoms with E-state index in [4.69, 9.17) is 15.2 Å². The molecule has 0 bridgehead atoms. The van der Waals surface area contributed by atoms with Crippen molar-refractivity contribution in [3.63, 3.8) is 0 Å². The Hall–Kier alpha value is -3.95. The topological polar surface area (TPSA) is 111 Å². The van der Waals surface area contributed by atoms with Gasteiger partial charge in [-0.25, -0.2) is 0 Å². The van der Waals surface area contributed by atoms with Crippen LogP contribution in [0, 0.1) is 5.92 Å². The van der Waals surface area contributed by atoms with E-state index in [0.717, 1.165) is 32.8 Å². The largest absolute Gasteiger partial charge is 0.398 e. The first-order valence-electron chi connectivity index (χ1n) is 14.3. The number of nitrogen functional groups attached to an aromatic ring is 1. The van der Waals surface area contributed by atoms with Gasteiger partial charge < -0.3 is 25.6 Å². The molecule has 1 saturated heterocycles. The normalized spacial score (nSPS) is 20.0. The summed E-state index contributed by atoms with van der Waals surface area (Å²) in [4.78, 5) is 25.4. The lowest BCUT2D eigenvalue weighted by Crippen LogP contribution is -2.38. The number of rotatable bonds is 10. The molecule has 0 aromatic heterocycles. The van der Waals surface area contributed by atoms with Gasteiger partial charge in [0, 0.05) is 39.1 Å². The van der Waals surface area contributed by atoms with Crippen LogP contribution in [0.1, 0.15) is 58.9 Å². The minimum atomic E-state index is -0.602. The van der Waals surface area contributed by atoms with Crippen LogP contribution in [0.2, 0.25) is 0 Å². The van der Waals surface area contributed by atoms with Crippen molar-refractivity contribution in [3.05, 3.63) is 125 Å². The lowest BCUT2D eigenvalue weighted by atomic mass is 9.91. The molecule has 4 aromatic carbocycles. The Morgan fingerprint density at radius 1 is 0.884 bits per heavy atom. The summed E-state index contributed by atoms with van der Waals surface area (Å²) < 4.78 is 13.1. The van der Waals surface area contributed by atoms with E-state index < -0.39 is 6.29 Å². The summed E-state index contributed by atoms with van der Waals surface area (Å²) in [7, 11) is 0. The van der Waals surface area contributed by atoms with Crippen LogP contribution < -0.4 is 11.1 Å². The fourth-order valence-corrected chi connectivity index (χ4v) is 6.23. The third kappa shape index (κ3) is 7.72. The van der Waals surface area contributed by atoms with E-state index in [-0.39, 0.29) is 42.8 Å². The number of Topliss-reactive ketones (excluding diaryl/α,β-unsaturated/α-hetero) is 1. The molecule has 4 aromatic rings. The number of nitrogens with one attached hydrogen (secondary N) is 1. The van der Waals surface area contributed by atoms with Crippen LogP contribution in [0.4, 0.5) is 11.4 Å². The van der Waals surface area contributed by atoms with E-state index in [1.165, 1.54) is 6.92 Å². The molecule has 5 rings (SSSR count). The Balaban J connectivity index is 1.30. The fourth-order valence-electron chi connectivity index (χ4n) is 5.09. The molecule has 7 nitrogen and oxygen atoms in total. The molecule has 222 valence electrons. The summed E-state index contributed by atoms with van der Waals surface area (Å²) in [5.74, 6) is 0.528. The Kier molecular flexibility index (Phi) is 9.94. The number of ether oxygens (including phenoxy) is 2. The second kappa shape index (κ2) is 14.0. The summed E-state index contributed by atoms with van der Waals surface area (Å²) in [6.07, 6.45) is -0.760. The minimum absolute atomic E-state index is 0.0139. The van der Waals surface area contributed by atoms with Crippen molar-refractivity contribution in [3.8, 4) is 0 Å². The first kappa shape index (κ1) is 30.5. The second-order valence-electron chi connectivity index (χ2n) is 10.8. The van der Waals surface area contributed by atoms with E-state index in [9.17, 15) is 14.7 Å². The van der Waals surface area contributed by atoms with Crippen LogP contribution in [0.5, 0.6) is 0 Å². The summed E-state index contributed by atoms with van der Waals surface area (Å²) in [6, 6.07) is 30.3. The number of carbonyl (C=O) groups excluding carboxylic acids is 2. The van der Waals surface area contributed by atoms with E-state index in [2.05, 4.69) is 12.2 Å². The van der Waals surface area contributed by atoms with Crippen LogP contribution in [-0.2, 0) is 27.3 Å². The SMILES string of the molecule is CC(=O)c1cccc(NC(=O)Cc2ccc(C3O[C@H](CSc4ccccc4N)[C@H](C)[C@H](c4ccc(CO)cc4)O3)cc2)c1. The second-order valence-corrected chi connectivity index (χ2v) is 11.8. The molecule has 1 amide bonds. The van der Waals surface area contributed by atoms with Gasteiger partial charge in [0.1, 0.15) is 0 Å². The molecular weight excluding hydrogens is 560 g/mol. The number of carbonyl (C=O) groups is 2. The van der Waals surface area contributed by atoms with Crippen LogP contribution in [-0.4, -0.2) is 28.7 Å². The highest BCUT2D eigenvalue weighted by atomic mass is 32.2. The average Bonchev–Trinajstić information content (AvgIpc) is 3.02. The number of benzene rings is 4. The van der Waals surface area contributed by atoms with Crippen LogP contribution >= 0.6 is 11.8 Å². The molecule has 0 radical (unpaired) electrons. The monoisotopic (exact) mass is 596 g/mol. The molecular formula is C35H36N2O5S. The van der Waals surface area contributed by atoms with Gasteiger partial charge in [-0.15, -0.1) is 11.8 Å². The average molecular weight is 597 g/mol. The van der Waals surface area contributed by atoms with E-state index >= 15 is 0 Å². The molecule has 4 N–H and O–H groups in total. The van der Waals surface area contributed by atoms with Gasteiger partial charge >= 0.3 is 0 Å². The molecule has 4 atom stereocenters. The number of amides is 1. The van der Waals surface area contributed by atoms with Crippen molar-refractivity contribution in [1.29, 1.82) is 0 Å². The van der Waals surface area contributed by atoms with Crippen molar-refractivity contribution in [2.75, 3.05) is 16.8 Å². The Bertz CT molecular complexity index is 1560. The first-order valence-corrected chi connectivity index (χ1v) is 15.3. The van der Waals surface area contributed by atoms with E-state index in [1.54, 1.807) is 36.0 Å². The van der Waals surface area contributed by atoms with Crippen molar-refractivity contribution in [2.45, 2.75) is 50.3 Å². The number of nitrogens with two attached hydrogens (primary N) is 1. The van der Waals surface area contributed by atoms with Gasteiger partial charge in [0.25, 0.3) is 0 Å². The van der Waals surface area contributed by atoms with Crippen LogP contribution in [0.3, 0.4) is 0 Å². The van der Waals surface area contributed by atoms with E-state index in [1.807, 2.05) is 72.8 Å². The third-order valence-electron chi connectivity index (χ3n) is 7.61. The molecule has 1 unspecified atom stereocenters. The summed E-state index contributed by atoms with van der Waals surface area (Å²) in [5, 5.41) is 12.4. The predicted octanol–water partition coefficient (Wildman–Crippen LogP) is 6.73. The number of ketones is 1. The maximum atomic E-state index is 12.7. The maximum Gasteiger partial charge on any atom is 0.228 e. The lowest BCUT2D eigenvalue weighted by Gasteiger charge is -2.41. The Morgan fingerprint density at radius 2 is 1.58 bits per heavy atom. The molecule has 1 aliphatic heterocycles. The van der Waals surface area contributed by atoms with Gasteiger partial charge in [-0.3, -0.25) is 9.59 Å². The highest BCUT2D eigenvalue weighted by molar-refractivity contribution is 7.99. The zero-order valence-corrected chi connectivity index (χ0v) is 25.1. The fraction of sp³-hybridized carbons (Fsp3) is 0.257. The van der Waals surface area contributed by atoms with Gasteiger partial charge in [0.2, 0.25) is 5.91 Å². The number of anilines is 2. The number of hydrogen-bond acceptors (Lipinski definition) is 7. The Morgan fingerprint density at radius 3 is 2.28 bits per heavy atom. The van der Waals surface area contributed by atoms with Crippen molar-refractivity contribution >= 4 is 34.8 Å². The Labute approximate surface area is 256 Å². The van der Waals surface area contributed by atoms with Crippen LogP contribution in [0.15, 0.2) is 102 Å². The highest BCUT2D eigenvalue weighted by Crippen LogP contribution is 2.43. The number of thioether (sulfide) groups is 1. The zero-order valence-electron chi connectivity index (χ0n) is 24.2. The molecule has 1 aliphatic rings. The predicted molar refractivity (Wildman–Crippen MR) is 170 cm³/mol. The lowest BCUT2D eigenvalue weighted by molar-refractivity contribution is -0.268. The minimum Gasteiger partial charge on any atom is -0.398 e. The number of hydrogen-bond donors (Lipinski definition) is 3. The number of aliphatic hydroxyl groups excluding tert-OH is 1. The standard InChI is InChI=1S/C35H36N2O5S/c1-22-31(21-43-32-9-4-3-8-30(32)36)41-35(42-34(22)26-14-12-25(20-38)13-15-26)27-16-10-24(11-17-27)18-33(40)37-29-7-5-6-28(19-29)23(2)39/h3-17,19,22,31,34-35,38H,18,20-21,36H2,1-2H3,(H,37,40)/t22-,31+,34+,35?/m0/s1. The molecule has 1 fully saturated rings. The molecule has 8 heteroatoms. The van der Waals surface area contributed by atoms with Gasteiger partial charge in [-0.1, -0.05) is 79.7 Å². The van der Waals surface area contributed by atoms with Gasteiger partial charge in [-0.05, 0) is 47.9 Å². The summed E-state index contributed by atoms with van der Waals surface area (Å²) >= 11 is 1.67. The van der Waals surface area contributed by atoms with Gasteiger partial charge in [-0.2, -0.15) is 0 Å². The highest BCUT2D eigenvalue weighted by Gasteiger charge is 2.38. The van der Waals surface area contributed by atoms with Crippen LogP contribution in [0.25, 0.3) is 0 Å².